The third-order valence-corrected chi connectivity index (χ3v) is 4.05. The highest BCUT2D eigenvalue weighted by Gasteiger charge is 2.32. The fourth-order valence-electron chi connectivity index (χ4n) is 2.94. The Morgan fingerprint density at radius 3 is 2.35 bits per heavy atom. The summed E-state index contributed by atoms with van der Waals surface area (Å²) in [7, 11) is 0. The minimum Gasteiger partial charge on any atom is -0.329 e. The molecule has 0 spiro atoms. The van der Waals surface area contributed by atoms with Crippen molar-refractivity contribution in [1.29, 1.82) is 0 Å². The Hall–Kier alpha value is -1.07. The molecule has 0 aliphatic heterocycles. The van der Waals surface area contributed by atoms with Crippen molar-refractivity contribution in [2.45, 2.75) is 45.2 Å². The molecular formula is C15H21F3N2. The molecule has 1 fully saturated rings. The van der Waals surface area contributed by atoms with Gasteiger partial charge in [-0.15, -0.1) is 0 Å². The maximum Gasteiger partial charge on any atom is 0.194 e. The Bertz CT molecular complexity index is 465. The van der Waals surface area contributed by atoms with Gasteiger partial charge in [-0.1, -0.05) is 13.8 Å². The average Bonchev–Trinajstić information content (AvgIpc) is 2.72. The van der Waals surface area contributed by atoms with Gasteiger partial charge in [0.15, 0.2) is 17.5 Å². The monoisotopic (exact) mass is 286 g/mol. The molecule has 1 aliphatic rings. The molecule has 0 bridgehead atoms. The summed E-state index contributed by atoms with van der Waals surface area (Å²) in [5.74, 6) is -3.79. The fraction of sp³-hybridized carbons (Fsp3) is 0.600. The summed E-state index contributed by atoms with van der Waals surface area (Å²) in [6.45, 7) is 4.61. The first-order chi connectivity index (χ1) is 9.32. The lowest BCUT2D eigenvalue weighted by Gasteiger charge is -2.24. The van der Waals surface area contributed by atoms with E-state index in [9.17, 15) is 13.2 Å². The van der Waals surface area contributed by atoms with Gasteiger partial charge in [0.25, 0.3) is 0 Å². The van der Waals surface area contributed by atoms with Crippen LogP contribution in [0.5, 0.6) is 0 Å². The van der Waals surface area contributed by atoms with Gasteiger partial charge in [0.05, 0.1) is 0 Å². The molecule has 2 nitrogen and oxygen atoms in total. The second-order valence-electron chi connectivity index (χ2n) is 6.36. The fourth-order valence-corrected chi connectivity index (χ4v) is 2.94. The van der Waals surface area contributed by atoms with Gasteiger partial charge in [-0.3, -0.25) is 0 Å². The summed E-state index contributed by atoms with van der Waals surface area (Å²) >= 11 is 0. The lowest BCUT2D eigenvalue weighted by Crippen LogP contribution is -2.36. The Morgan fingerprint density at radius 2 is 1.90 bits per heavy atom. The quantitative estimate of drug-likeness (QED) is 0.834. The molecule has 0 radical (unpaired) electrons. The molecule has 5 heteroatoms. The summed E-state index contributed by atoms with van der Waals surface area (Å²) < 4.78 is 39.6. The molecule has 0 saturated heterocycles. The van der Waals surface area contributed by atoms with Crippen LogP contribution >= 0.6 is 0 Å². The molecule has 0 amide bonds. The maximum absolute atomic E-state index is 13.3. The summed E-state index contributed by atoms with van der Waals surface area (Å²) in [5.41, 5.74) is 6.32. The van der Waals surface area contributed by atoms with Gasteiger partial charge >= 0.3 is 0 Å². The van der Waals surface area contributed by atoms with Gasteiger partial charge in [0, 0.05) is 18.6 Å². The van der Waals surface area contributed by atoms with Crippen LogP contribution in [0.4, 0.5) is 13.2 Å². The van der Waals surface area contributed by atoms with Crippen LogP contribution in [0, 0.1) is 22.9 Å². The second kappa shape index (κ2) is 5.74. The van der Waals surface area contributed by atoms with E-state index in [1.165, 1.54) is 0 Å². The molecule has 0 heterocycles. The molecule has 1 aromatic carbocycles. The van der Waals surface area contributed by atoms with E-state index in [4.69, 9.17) is 5.73 Å². The third kappa shape index (κ3) is 3.33. The molecule has 1 saturated carbocycles. The maximum atomic E-state index is 13.3. The van der Waals surface area contributed by atoms with Crippen LogP contribution in [0.3, 0.4) is 0 Å². The van der Waals surface area contributed by atoms with Gasteiger partial charge < -0.3 is 11.1 Å². The van der Waals surface area contributed by atoms with Crippen LogP contribution in [-0.2, 0) is 0 Å². The zero-order valence-corrected chi connectivity index (χ0v) is 11.8. The van der Waals surface area contributed by atoms with E-state index in [1.54, 1.807) is 0 Å². The predicted molar refractivity (Wildman–Crippen MR) is 72.7 cm³/mol. The average molecular weight is 286 g/mol. The predicted octanol–water partition coefficient (Wildman–Crippen LogP) is 3.27. The van der Waals surface area contributed by atoms with Crippen molar-refractivity contribution < 1.29 is 13.2 Å². The number of nitrogens with one attached hydrogen (secondary N) is 1. The van der Waals surface area contributed by atoms with Crippen molar-refractivity contribution in [3.05, 3.63) is 35.1 Å². The van der Waals surface area contributed by atoms with E-state index in [0.29, 0.717) is 5.56 Å². The minimum atomic E-state index is -1.44. The molecule has 2 rings (SSSR count). The van der Waals surface area contributed by atoms with E-state index >= 15 is 0 Å². The van der Waals surface area contributed by atoms with E-state index in [0.717, 1.165) is 31.4 Å². The number of hydrogen-bond donors (Lipinski definition) is 2. The van der Waals surface area contributed by atoms with Gasteiger partial charge in [-0.25, -0.2) is 13.2 Å². The highest BCUT2D eigenvalue weighted by molar-refractivity contribution is 5.23. The molecule has 0 aromatic heterocycles. The SMILES string of the molecule is CC1(C)CCC(NC(CN)c2cc(F)c(F)c(F)c2)C1. The van der Waals surface area contributed by atoms with Crippen molar-refractivity contribution in [3.8, 4) is 0 Å². The van der Waals surface area contributed by atoms with E-state index < -0.39 is 17.5 Å². The number of hydrogen-bond acceptors (Lipinski definition) is 2. The molecule has 112 valence electrons. The van der Waals surface area contributed by atoms with Crippen LogP contribution in [-0.4, -0.2) is 12.6 Å². The molecule has 2 atom stereocenters. The first-order valence-electron chi connectivity index (χ1n) is 6.93. The smallest absolute Gasteiger partial charge is 0.194 e. The lowest BCUT2D eigenvalue weighted by atomic mass is 9.91. The number of nitrogens with two attached hydrogens (primary N) is 1. The first kappa shape index (κ1) is 15.3. The number of rotatable bonds is 4. The summed E-state index contributed by atoms with van der Waals surface area (Å²) in [4.78, 5) is 0. The Kier molecular flexibility index (Phi) is 4.39. The topological polar surface area (TPSA) is 38.0 Å². The van der Waals surface area contributed by atoms with Crippen molar-refractivity contribution in [1.82, 2.24) is 5.32 Å². The molecule has 3 N–H and O–H groups in total. The van der Waals surface area contributed by atoms with Gasteiger partial charge in [-0.05, 0) is 42.4 Å². The normalized spacial score (nSPS) is 23.0. The van der Waals surface area contributed by atoms with Crippen molar-refractivity contribution in [2.24, 2.45) is 11.1 Å². The van der Waals surface area contributed by atoms with E-state index in [-0.39, 0.29) is 24.0 Å². The molecule has 1 aromatic rings. The molecule has 2 unspecified atom stereocenters. The highest BCUT2D eigenvalue weighted by Crippen LogP contribution is 2.37. The van der Waals surface area contributed by atoms with Crippen LogP contribution < -0.4 is 11.1 Å². The minimum absolute atomic E-state index is 0.210. The van der Waals surface area contributed by atoms with Gasteiger partial charge in [0.1, 0.15) is 0 Å². The molecular weight excluding hydrogens is 265 g/mol. The van der Waals surface area contributed by atoms with Crippen LogP contribution in [0.25, 0.3) is 0 Å². The van der Waals surface area contributed by atoms with Crippen molar-refractivity contribution in [3.63, 3.8) is 0 Å². The lowest BCUT2D eigenvalue weighted by molar-refractivity contribution is 0.352. The Morgan fingerprint density at radius 1 is 1.30 bits per heavy atom. The highest BCUT2D eigenvalue weighted by atomic mass is 19.2. The standard InChI is InChI=1S/C15H21F3N2/c1-15(2)4-3-10(7-15)20-13(8-19)9-5-11(16)14(18)12(17)6-9/h5-6,10,13,20H,3-4,7-8,19H2,1-2H3. The Balaban J connectivity index is 2.13. The van der Waals surface area contributed by atoms with Crippen molar-refractivity contribution in [2.75, 3.05) is 6.54 Å². The van der Waals surface area contributed by atoms with Crippen LogP contribution in [0.2, 0.25) is 0 Å². The third-order valence-electron chi connectivity index (χ3n) is 4.05. The van der Waals surface area contributed by atoms with Crippen molar-refractivity contribution >= 4 is 0 Å². The largest absolute Gasteiger partial charge is 0.329 e. The Labute approximate surface area is 117 Å². The van der Waals surface area contributed by atoms with Gasteiger partial charge in [0.2, 0.25) is 0 Å². The molecule has 20 heavy (non-hydrogen) atoms. The summed E-state index contributed by atoms with van der Waals surface area (Å²) in [5, 5.41) is 3.33. The van der Waals surface area contributed by atoms with E-state index in [2.05, 4.69) is 19.2 Å². The molecule has 1 aliphatic carbocycles. The first-order valence-corrected chi connectivity index (χ1v) is 6.93. The number of benzene rings is 1. The van der Waals surface area contributed by atoms with Crippen LogP contribution in [0.15, 0.2) is 12.1 Å². The van der Waals surface area contributed by atoms with Crippen LogP contribution in [0.1, 0.15) is 44.7 Å². The zero-order valence-electron chi connectivity index (χ0n) is 11.8. The zero-order chi connectivity index (χ0) is 14.9. The summed E-state index contributed by atoms with van der Waals surface area (Å²) in [6, 6.07) is 1.94. The second-order valence-corrected chi connectivity index (χ2v) is 6.36. The number of halogens is 3. The van der Waals surface area contributed by atoms with E-state index in [1.807, 2.05) is 0 Å². The van der Waals surface area contributed by atoms with Gasteiger partial charge in [-0.2, -0.15) is 0 Å². The summed E-state index contributed by atoms with van der Waals surface area (Å²) in [6.07, 6.45) is 3.11.